The van der Waals surface area contributed by atoms with Gasteiger partial charge in [0, 0.05) is 12.5 Å². The average molecular weight is 420 g/mol. The Morgan fingerprint density at radius 1 is 1.17 bits per heavy atom. The Labute approximate surface area is 163 Å². The number of carbonyl (C=O) groups is 3. The van der Waals surface area contributed by atoms with Gasteiger partial charge in [-0.15, -0.1) is 0 Å². The smallest absolute Gasteiger partial charge is 0.471 e. The number of alkyl halides is 3. The summed E-state index contributed by atoms with van der Waals surface area (Å²) in [5, 5.41) is 12.3. The molecule has 0 saturated carbocycles. The standard InChI is InChI=1S/C17H19F3N2O7/c1-16(2,3)29-14(24)11(21-15(25)17(18,19)20)8-10(23)9-28-13-7-5-4-6-12(13)22(26)27/h4-7,11H,8-9H2,1-3H3,(H,21,25). The number of halogens is 3. The first-order valence-electron chi connectivity index (χ1n) is 8.19. The molecule has 1 rings (SSSR count). The summed E-state index contributed by atoms with van der Waals surface area (Å²) >= 11 is 0. The molecule has 0 bridgehead atoms. The van der Waals surface area contributed by atoms with Crippen LogP contribution in [0.3, 0.4) is 0 Å². The molecule has 0 fully saturated rings. The topological polar surface area (TPSA) is 125 Å². The van der Waals surface area contributed by atoms with E-state index in [0.717, 1.165) is 6.07 Å². The molecule has 0 aliphatic rings. The predicted molar refractivity (Wildman–Crippen MR) is 92.0 cm³/mol. The van der Waals surface area contributed by atoms with E-state index in [4.69, 9.17) is 9.47 Å². The van der Waals surface area contributed by atoms with Crippen LogP contribution in [-0.4, -0.2) is 47.0 Å². The minimum absolute atomic E-state index is 0.237. The third-order valence-electron chi connectivity index (χ3n) is 3.14. The first-order chi connectivity index (χ1) is 13.2. The molecule has 0 aliphatic heterocycles. The van der Waals surface area contributed by atoms with Gasteiger partial charge >= 0.3 is 23.7 Å². The minimum Gasteiger partial charge on any atom is -0.479 e. The van der Waals surface area contributed by atoms with Gasteiger partial charge in [-0.25, -0.2) is 4.79 Å². The highest BCUT2D eigenvalue weighted by Gasteiger charge is 2.42. The van der Waals surface area contributed by atoms with Crippen LogP contribution in [0.1, 0.15) is 27.2 Å². The van der Waals surface area contributed by atoms with Crippen molar-refractivity contribution in [1.82, 2.24) is 5.32 Å². The summed E-state index contributed by atoms with van der Waals surface area (Å²) in [6.07, 6.45) is -6.14. The van der Waals surface area contributed by atoms with Gasteiger partial charge in [0.15, 0.2) is 11.5 Å². The van der Waals surface area contributed by atoms with Crippen LogP contribution in [0.5, 0.6) is 5.75 Å². The average Bonchev–Trinajstić information content (AvgIpc) is 2.57. The van der Waals surface area contributed by atoms with Gasteiger partial charge in [-0.3, -0.25) is 19.7 Å². The molecule has 160 valence electrons. The maximum atomic E-state index is 12.5. The second kappa shape index (κ2) is 9.34. The first-order valence-corrected chi connectivity index (χ1v) is 8.19. The number of ether oxygens (including phenoxy) is 2. The van der Waals surface area contributed by atoms with Crippen molar-refractivity contribution in [2.75, 3.05) is 6.61 Å². The number of amides is 1. The van der Waals surface area contributed by atoms with Crippen molar-refractivity contribution in [3.8, 4) is 5.75 Å². The number of rotatable bonds is 8. The summed E-state index contributed by atoms with van der Waals surface area (Å²) in [5.74, 6) is -4.78. The molecule has 0 radical (unpaired) electrons. The molecule has 0 spiro atoms. The molecule has 0 aromatic heterocycles. The quantitative estimate of drug-likeness (QED) is 0.389. The van der Waals surface area contributed by atoms with Gasteiger partial charge < -0.3 is 14.8 Å². The Morgan fingerprint density at radius 2 is 1.76 bits per heavy atom. The van der Waals surface area contributed by atoms with E-state index in [1.54, 1.807) is 0 Å². The fraction of sp³-hybridized carbons (Fsp3) is 0.471. The summed E-state index contributed by atoms with van der Waals surface area (Å²) in [4.78, 5) is 45.5. The summed E-state index contributed by atoms with van der Waals surface area (Å²) in [6, 6.07) is 3.23. The lowest BCUT2D eigenvalue weighted by Gasteiger charge is -2.24. The Bertz CT molecular complexity index is 788. The van der Waals surface area contributed by atoms with E-state index in [9.17, 15) is 37.7 Å². The monoisotopic (exact) mass is 420 g/mol. The van der Waals surface area contributed by atoms with Crippen LogP contribution in [0.15, 0.2) is 24.3 Å². The van der Waals surface area contributed by atoms with Crippen molar-refractivity contribution >= 4 is 23.3 Å². The van der Waals surface area contributed by atoms with E-state index in [-0.39, 0.29) is 5.75 Å². The number of nitrogens with zero attached hydrogens (tertiary/aromatic N) is 1. The van der Waals surface area contributed by atoms with Gasteiger partial charge in [-0.1, -0.05) is 12.1 Å². The second-order valence-electron chi connectivity index (χ2n) is 6.81. The number of ketones is 1. The predicted octanol–water partition coefficient (Wildman–Crippen LogP) is 2.32. The number of hydrogen-bond acceptors (Lipinski definition) is 7. The van der Waals surface area contributed by atoms with Gasteiger partial charge in [-0.2, -0.15) is 13.2 Å². The van der Waals surface area contributed by atoms with Crippen molar-refractivity contribution in [1.29, 1.82) is 0 Å². The van der Waals surface area contributed by atoms with Crippen LogP contribution in [0.2, 0.25) is 0 Å². The largest absolute Gasteiger partial charge is 0.479 e. The Balaban J connectivity index is 2.87. The molecule has 1 N–H and O–H groups in total. The van der Waals surface area contributed by atoms with Crippen LogP contribution in [0, 0.1) is 10.1 Å². The number of carbonyl (C=O) groups excluding carboxylic acids is 3. The molecular formula is C17H19F3N2O7. The number of nitro benzene ring substituents is 1. The van der Waals surface area contributed by atoms with Crippen LogP contribution in [-0.2, 0) is 19.1 Å². The van der Waals surface area contributed by atoms with Crippen molar-refractivity contribution in [3.05, 3.63) is 34.4 Å². The highest BCUT2D eigenvalue weighted by molar-refractivity contribution is 5.92. The van der Waals surface area contributed by atoms with Gasteiger partial charge in [0.1, 0.15) is 18.2 Å². The third kappa shape index (κ3) is 8.15. The zero-order valence-electron chi connectivity index (χ0n) is 15.7. The first kappa shape index (κ1) is 23.9. The van der Waals surface area contributed by atoms with Gasteiger partial charge in [-0.05, 0) is 26.8 Å². The van der Waals surface area contributed by atoms with E-state index in [1.165, 1.54) is 44.3 Å². The molecule has 0 saturated heterocycles. The normalized spacial score (nSPS) is 12.6. The summed E-state index contributed by atoms with van der Waals surface area (Å²) in [7, 11) is 0. The minimum atomic E-state index is -5.27. The molecule has 9 nitrogen and oxygen atoms in total. The molecule has 1 amide bonds. The van der Waals surface area contributed by atoms with E-state index in [1.807, 2.05) is 0 Å². The zero-order valence-corrected chi connectivity index (χ0v) is 15.7. The molecule has 1 aromatic carbocycles. The Morgan fingerprint density at radius 3 is 2.28 bits per heavy atom. The van der Waals surface area contributed by atoms with Crippen LogP contribution in [0.4, 0.5) is 18.9 Å². The van der Waals surface area contributed by atoms with Gasteiger partial charge in [0.2, 0.25) is 0 Å². The van der Waals surface area contributed by atoms with Crippen molar-refractivity contribution in [3.63, 3.8) is 0 Å². The lowest BCUT2D eigenvalue weighted by atomic mass is 10.1. The van der Waals surface area contributed by atoms with E-state index >= 15 is 0 Å². The third-order valence-corrected chi connectivity index (χ3v) is 3.14. The molecule has 1 atom stereocenters. The van der Waals surface area contributed by atoms with Crippen LogP contribution in [0.25, 0.3) is 0 Å². The lowest BCUT2D eigenvalue weighted by Crippen LogP contribution is -2.49. The molecule has 12 heteroatoms. The molecule has 0 heterocycles. The van der Waals surface area contributed by atoms with Crippen molar-refractivity contribution < 1.29 is 42.0 Å². The second-order valence-corrected chi connectivity index (χ2v) is 6.81. The van der Waals surface area contributed by atoms with Crippen LogP contribution >= 0.6 is 0 Å². The maximum Gasteiger partial charge on any atom is 0.471 e. The molecule has 1 unspecified atom stereocenters. The van der Waals surface area contributed by atoms with E-state index < -0.39 is 59.1 Å². The summed E-state index contributed by atoms with van der Waals surface area (Å²) in [6.45, 7) is 3.58. The number of Topliss-reactive ketones (excluding diaryl/α,β-unsaturated/α-hetero) is 1. The van der Waals surface area contributed by atoms with E-state index in [0.29, 0.717) is 0 Å². The molecule has 1 aromatic rings. The summed E-state index contributed by atoms with van der Waals surface area (Å²) < 4.78 is 47.5. The number of nitrogens with one attached hydrogen (secondary N) is 1. The van der Waals surface area contributed by atoms with Gasteiger partial charge in [0.05, 0.1) is 4.92 Å². The lowest BCUT2D eigenvalue weighted by molar-refractivity contribution is -0.385. The number of nitro groups is 1. The Hall–Kier alpha value is -3.18. The van der Waals surface area contributed by atoms with Gasteiger partial charge in [0.25, 0.3) is 0 Å². The number of esters is 1. The molecule has 0 aliphatic carbocycles. The van der Waals surface area contributed by atoms with Crippen LogP contribution < -0.4 is 10.1 Å². The number of benzene rings is 1. The van der Waals surface area contributed by atoms with Crippen molar-refractivity contribution in [2.45, 2.75) is 45.0 Å². The fourth-order valence-electron chi connectivity index (χ4n) is 1.98. The highest BCUT2D eigenvalue weighted by atomic mass is 19.4. The van der Waals surface area contributed by atoms with Crippen molar-refractivity contribution in [2.24, 2.45) is 0 Å². The fourth-order valence-corrected chi connectivity index (χ4v) is 1.98. The SMILES string of the molecule is CC(C)(C)OC(=O)C(CC(=O)COc1ccccc1[N+](=O)[O-])NC(=O)C(F)(F)F. The highest BCUT2D eigenvalue weighted by Crippen LogP contribution is 2.25. The summed E-state index contributed by atoms with van der Waals surface area (Å²) in [5.41, 5.74) is -1.50. The number of para-hydroxylation sites is 2. The number of hydrogen-bond donors (Lipinski definition) is 1. The van der Waals surface area contributed by atoms with E-state index in [2.05, 4.69) is 0 Å². The molecule has 29 heavy (non-hydrogen) atoms. The zero-order chi connectivity index (χ0) is 22.4. The maximum absolute atomic E-state index is 12.5. The molecular weight excluding hydrogens is 401 g/mol. The Kier molecular flexibility index (Phi) is 7.69.